The minimum atomic E-state index is -0.776. The molecule has 112 valence electrons. The molecule has 1 rings (SSSR count). The van der Waals surface area contributed by atoms with Crippen LogP contribution in [0.5, 0.6) is 0 Å². The summed E-state index contributed by atoms with van der Waals surface area (Å²) in [6, 6.07) is 4.45. The van der Waals surface area contributed by atoms with E-state index in [4.69, 9.17) is 10.8 Å². The van der Waals surface area contributed by atoms with Gasteiger partial charge in [0, 0.05) is 6.54 Å². The van der Waals surface area contributed by atoms with E-state index in [0.29, 0.717) is 12.3 Å². The van der Waals surface area contributed by atoms with Gasteiger partial charge in [0.05, 0.1) is 5.92 Å². The van der Waals surface area contributed by atoms with Gasteiger partial charge in [-0.25, -0.2) is 0 Å². The van der Waals surface area contributed by atoms with Crippen LogP contribution >= 0.6 is 0 Å². The van der Waals surface area contributed by atoms with Gasteiger partial charge in [0.2, 0.25) is 0 Å². The fourth-order valence-corrected chi connectivity index (χ4v) is 2.69. The molecule has 1 aromatic carbocycles. The molecule has 0 fully saturated rings. The van der Waals surface area contributed by atoms with Crippen molar-refractivity contribution in [2.45, 2.75) is 47.0 Å². The lowest BCUT2D eigenvalue weighted by Crippen LogP contribution is -2.25. The molecule has 0 spiro atoms. The van der Waals surface area contributed by atoms with Gasteiger partial charge < -0.3 is 10.8 Å². The zero-order valence-corrected chi connectivity index (χ0v) is 13.1. The van der Waals surface area contributed by atoms with Gasteiger partial charge in [-0.2, -0.15) is 0 Å². The molecular weight excluding hydrogens is 250 g/mol. The maximum atomic E-state index is 11.0. The zero-order chi connectivity index (χ0) is 15.3. The van der Waals surface area contributed by atoms with Crippen molar-refractivity contribution in [3.63, 3.8) is 0 Å². The Morgan fingerprint density at radius 3 is 2.50 bits per heavy atom. The highest BCUT2D eigenvalue weighted by Gasteiger charge is 2.18. The van der Waals surface area contributed by atoms with Gasteiger partial charge in [-0.05, 0) is 62.6 Å². The Labute approximate surface area is 122 Å². The van der Waals surface area contributed by atoms with Gasteiger partial charge in [-0.3, -0.25) is 4.79 Å². The lowest BCUT2D eigenvalue weighted by atomic mass is 9.89. The van der Waals surface area contributed by atoms with Crippen molar-refractivity contribution in [2.24, 2.45) is 17.6 Å². The number of aryl methyl sites for hydroxylation is 3. The number of carbonyl (C=O) groups is 1. The summed E-state index contributed by atoms with van der Waals surface area (Å²) < 4.78 is 0. The average Bonchev–Trinajstić information content (AvgIpc) is 2.38. The molecular formula is C17H27NO2. The fourth-order valence-electron chi connectivity index (χ4n) is 2.69. The quantitative estimate of drug-likeness (QED) is 0.804. The van der Waals surface area contributed by atoms with Crippen LogP contribution in [0.15, 0.2) is 12.1 Å². The molecule has 3 heteroatoms. The second-order valence-electron chi connectivity index (χ2n) is 6.02. The Hall–Kier alpha value is -1.35. The molecule has 0 saturated carbocycles. The van der Waals surface area contributed by atoms with E-state index in [2.05, 4.69) is 39.8 Å². The molecule has 2 atom stereocenters. The normalized spacial score (nSPS) is 14.1. The Kier molecular flexibility index (Phi) is 6.21. The predicted molar refractivity (Wildman–Crippen MR) is 82.9 cm³/mol. The number of nitrogens with two attached hydrogens (primary N) is 1. The number of hydrogen-bond acceptors (Lipinski definition) is 2. The number of hydrogen-bond donors (Lipinski definition) is 2. The van der Waals surface area contributed by atoms with Crippen LogP contribution in [0.1, 0.15) is 42.0 Å². The van der Waals surface area contributed by atoms with Crippen LogP contribution in [-0.2, 0) is 11.2 Å². The molecule has 0 heterocycles. The van der Waals surface area contributed by atoms with Gasteiger partial charge in [0.25, 0.3) is 0 Å². The molecule has 20 heavy (non-hydrogen) atoms. The summed E-state index contributed by atoms with van der Waals surface area (Å²) in [5.74, 6) is -0.813. The lowest BCUT2D eigenvalue weighted by Gasteiger charge is -2.17. The molecule has 0 radical (unpaired) electrons. The first-order valence-electron chi connectivity index (χ1n) is 7.34. The summed E-state index contributed by atoms with van der Waals surface area (Å²) in [4.78, 5) is 11.0. The summed E-state index contributed by atoms with van der Waals surface area (Å²) in [5.41, 5.74) is 10.9. The van der Waals surface area contributed by atoms with Crippen LogP contribution in [-0.4, -0.2) is 17.6 Å². The van der Waals surface area contributed by atoms with Crippen molar-refractivity contribution in [1.29, 1.82) is 0 Å². The molecule has 0 aliphatic rings. The standard InChI is InChI=1S/C17H27NO2/c1-11(8-16(10-18)17(19)20)5-6-15-9-12(2)7-13(3)14(15)4/h7,9,11,16H,5-6,8,10,18H2,1-4H3,(H,19,20). The van der Waals surface area contributed by atoms with Crippen LogP contribution in [0.4, 0.5) is 0 Å². The third-order valence-corrected chi connectivity index (χ3v) is 4.15. The van der Waals surface area contributed by atoms with Crippen LogP contribution in [0.2, 0.25) is 0 Å². The Morgan fingerprint density at radius 2 is 1.95 bits per heavy atom. The van der Waals surface area contributed by atoms with Crippen molar-refractivity contribution in [3.05, 3.63) is 34.4 Å². The van der Waals surface area contributed by atoms with Gasteiger partial charge in [-0.1, -0.05) is 24.6 Å². The Bertz CT molecular complexity index is 468. The van der Waals surface area contributed by atoms with E-state index < -0.39 is 11.9 Å². The molecule has 0 aliphatic heterocycles. The number of benzene rings is 1. The van der Waals surface area contributed by atoms with E-state index in [1.807, 2.05) is 0 Å². The van der Waals surface area contributed by atoms with E-state index in [-0.39, 0.29) is 6.54 Å². The minimum Gasteiger partial charge on any atom is -0.481 e. The molecule has 2 unspecified atom stereocenters. The zero-order valence-electron chi connectivity index (χ0n) is 13.1. The van der Waals surface area contributed by atoms with Crippen molar-refractivity contribution < 1.29 is 9.90 Å². The van der Waals surface area contributed by atoms with E-state index in [1.54, 1.807) is 0 Å². The lowest BCUT2D eigenvalue weighted by molar-refractivity contribution is -0.141. The highest BCUT2D eigenvalue weighted by atomic mass is 16.4. The largest absolute Gasteiger partial charge is 0.481 e. The van der Waals surface area contributed by atoms with Crippen LogP contribution in [0.3, 0.4) is 0 Å². The third kappa shape index (κ3) is 4.64. The highest BCUT2D eigenvalue weighted by molar-refractivity contribution is 5.70. The first-order valence-corrected chi connectivity index (χ1v) is 7.34. The average molecular weight is 277 g/mol. The monoisotopic (exact) mass is 277 g/mol. The summed E-state index contributed by atoms with van der Waals surface area (Å²) in [5, 5.41) is 9.04. The smallest absolute Gasteiger partial charge is 0.307 e. The van der Waals surface area contributed by atoms with Gasteiger partial charge >= 0.3 is 5.97 Å². The number of carboxylic acids is 1. The third-order valence-electron chi connectivity index (χ3n) is 4.15. The van der Waals surface area contributed by atoms with Crippen LogP contribution in [0.25, 0.3) is 0 Å². The van der Waals surface area contributed by atoms with Gasteiger partial charge in [0.1, 0.15) is 0 Å². The predicted octanol–water partition coefficient (Wildman–Crippen LogP) is 3.23. The number of rotatable bonds is 7. The first kappa shape index (κ1) is 16.7. The molecule has 0 aliphatic carbocycles. The van der Waals surface area contributed by atoms with Crippen LogP contribution < -0.4 is 5.73 Å². The molecule has 3 N–H and O–H groups in total. The maximum Gasteiger partial charge on any atom is 0.307 e. The molecule has 1 aromatic rings. The molecule has 0 bridgehead atoms. The van der Waals surface area contributed by atoms with E-state index >= 15 is 0 Å². The van der Waals surface area contributed by atoms with E-state index in [0.717, 1.165) is 12.8 Å². The van der Waals surface area contributed by atoms with Gasteiger partial charge in [-0.15, -0.1) is 0 Å². The number of carboxylic acid groups (broad SMARTS) is 1. The summed E-state index contributed by atoms with van der Waals surface area (Å²) in [7, 11) is 0. The minimum absolute atomic E-state index is 0.224. The fraction of sp³-hybridized carbons (Fsp3) is 0.588. The second-order valence-corrected chi connectivity index (χ2v) is 6.02. The van der Waals surface area contributed by atoms with Crippen molar-refractivity contribution >= 4 is 5.97 Å². The van der Waals surface area contributed by atoms with Crippen molar-refractivity contribution in [3.8, 4) is 0 Å². The van der Waals surface area contributed by atoms with E-state index in [9.17, 15) is 4.79 Å². The Balaban J connectivity index is 2.61. The Morgan fingerprint density at radius 1 is 1.30 bits per heavy atom. The van der Waals surface area contributed by atoms with Gasteiger partial charge in [0.15, 0.2) is 0 Å². The van der Waals surface area contributed by atoms with Crippen molar-refractivity contribution in [2.75, 3.05) is 6.54 Å². The van der Waals surface area contributed by atoms with Crippen LogP contribution in [0, 0.1) is 32.6 Å². The SMILES string of the molecule is Cc1cc(C)c(C)c(CCC(C)CC(CN)C(=O)O)c1. The highest BCUT2D eigenvalue weighted by Crippen LogP contribution is 2.22. The maximum absolute atomic E-state index is 11.0. The molecule has 0 saturated heterocycles. The molecule has 3 nitrogen and oxygen atoms in total. The molecule has 0 aromatic heterocycles. The summed E-state index contributed by atoms with van der Waals surface area (Å²) >= 11 is 0. The van der Waals surface area contributed by atoms with E-state index in [1.165, 1.54) is 22.3 Å². The molecule has 0 amide bonds. The summed E-state index contributed by atoms with van der Waals surface area (Å²) in [6.07, 6.45) is 2.68. The second kappa shape index (κ2) is 7.44. The topological polar surface area (TPSA) is 63.3 Å². The first-order chi connectivity index (χ1) is 9.35. The summed E-state index contributed by atoms with van der Waals surface area (Å²) in [6.45, 7) is 8.76. The van der Waals surface area contributed by atoms with Crippen molar-refractivity contribution in [1.82, 2.24) is 0 Å². The number of aliphatic carboxylic acids is 1.